The number of halogens is 3. The summed E-state index contributed by atoms with van der Waals surface area (Å²) < 4.78 is 25.4. The minimum absolute atomic E-state index is 0.0761. The van der Waals surface area contributed by atoms with Gasteiger partial charge in [-0.2, -0.15) is 0 Å². The van der Waals surface area contributed by atoms with Crippen molar-refractivity contribution in [3.8, 4) is 0 Å². The largest absolute Gasteiger partial charge is 0.248 e. The number of hydrogen-bond donors (Lipinski definition) is 0. The van der Waals surface area contributed by atoms with Gasteiger partial charge in [-0.1, -0.05) is 6.92 Å². The van der Waals surface area contributed by atoms with Crippen molar-refractivity contribution >= 4 is 11.6 Å². The average molecular weight is 197 g/mol. The smallest absolute Gasteiger partial charge is 0.207 e. The van der Waals surface area contributed by atoms with E-state index in [0.717, 1.165) is 6.42 Å². The fourth-order valence-electron chi connectivity index (χ4n) is 1.87. The first-order valence-electron chi connectivity index (χ1n) is 4.47. The SMILES string of the molecule is CC(CCl)CC1CCC(F)(F)C1. The highest BCUT2D eigenvalue weighted by atomic mass is 35.5. The zero-order valence-corrected chi connectivity index (χ0v) is 8.08. The van der Waals surface area contributed by atoms with E-state index in [-0.39, 0.29) is 18.8 Å². The Morgan fingerprint density at radius 2 is 2.25 bits per heavy atom. The van der Waals surface area contributed by atoms with Crippen molar-refractivity contribution < 1.29 is 8.78 Å². The van der Waals surface area contributed by atoms with Gasteiger partial charge in [-0.15, -0.1) is 11.6 Å². The highest BCUT2D eigenvalue weighted by Crippen LogP contribution is 2.41. The van der Waals surface area contributed by atoms with Gasteiger partial charge >= 0.3 is 0 Å². The fourth-order valence-corrected chi connectivity index (χ4v) is 2.00. The Kier molecular flexibility index (Phi) is 3.33. The molecule has 3 heteroatoms. The summed E-state index contributed by atoms with van der Waals surface area (Å²) in [4.78, 5) is 0. The van der Waals surface area contributed by atoms with Gasteiger partial charge in [0, 0.05) is 18.7 Å². The topological polar surface area (TPSA) is 0 Å². The third-order valence-corrected chi connectivity index (χ3v) is 3.03. The van der Waals surface area contributed by atoms with Gasteiger partial charge in [0.2, 0.25) is 5.92 Å². The van der Waals surface area contributed by atoms with Crippen molar-refractivity contribution in [2.45, 2.75) is 38.5 Å². The van der Waals surface area contributed by atoms with Crippen molar-refractivity contribution in [1.82, 2.24) is 0 Å². The summed E-state index contributed by atoms with van der Waals surface area (Å²) in [6.45, 7) is 2.02. The van der Waals surface area contributed by atoms with E-state index in [1.165, 1.54) is 0 Å². The van der Waals surface area contributed by atoms with Gasteiger partial charge in [0.15, 0.2) is 0 Å². The van der Waals surface area contributed by atoms with E-state index in [9.17, 15) is 8.78 Å². The van der Waals surface area contributed by atoms with Crippen molar-refractivity contribution in [3.63, 3.8) is 0 Å². The van der Waals surface area contributed by atoms with Crippen molar-refractivity contribution in [3.05, 3.63) is 0 Å². The minimum Gasteiger partial charge on any atom is -0.207 e. The van der Waals surface area contributed by atoms with Crippen LogP contribution in [0.25, 0.3) is 0 Å². The maximum absolute atomic E-state index is 12.7. The van der Waals surface area contributed by atoms with Crippen LogP contribution in [0.5, 0.6) is 0 Å². The Morgan fingerprint density at radius 1 is 1.58 bits per heavy atom. The van der Waals surface area contributed by atoms with Gasteiger partial charge in [-0.25, -0.2) is 8.78 Å². The molecule has 0 spiro atoms. The zero-order valence-electron chi connectivity index (χ0n) is 7.32. The summed E-state index contributed by atoms with van der Waals surface area (Å²) in [5, 5.41) is 0. The third kappa shape index (κ3) is 2.89. The molecular weight excluding hydrogens is 182 g/mol. The monoisotopic (exact) mass is 196 g/mol. The van der Waals surface area contributed by atoms with E-state index in [1.807, 2.05) is 6.92 Å². The van der Waals surface area contributed by atoms with Crippen LogP contribution in [0.3, 0.4) is 0 Å². The van der Waals surface area contributed by atoms with Crippen LogP contribution in [0.4, 0.5) is 8.78 Å². The Bertz CT molecular complexity index is 147. The maximum atomic E-state index is 12.7. The van der Waals surface area contributed by atoms with Crippen LogP contribution in [-0.2, 0) is 0 Å². The number of alkyl halides is 3. The summed E-state index contributed by atoms with van der Waals surface area (Å²) in [6, 6.07) is 0. The highest BCUT2D eigenvalue weighted by molar-refractivity contribution is 6.18. The molecule has 1 saturated carbocycles. The molecule has 0 bridgehead atoms. The minimum atomic E-state index is -2.39. The molecule has 1 fully saturated rings. The van der Waals surface area contributed by atoms with Crippen LogP contribution in [0.1, 0.15) is 32.6 Å². The van der Waals surface area contributed by atoms with Crippen molar-refractivity contribution in [2.75, 3.05) is 5.88 Å². The molecule has 0 amide bonds. The quantitative estimate of drug-likeness (QED) is 0.604. The molecule has 0 aromatic rings. The lowest BCUT2D eigenvalue weighted by atomic mass is 9.96. The Hall–Kier alpha value is 0.150. The summed E-state index contributed by atoms with van der Waals surface area (Å²) in [5.41, 5.74) is 0. The maximum Gasteiger partial charge on any atom is 0.248 e. The zero-order chi connectivity index (χ0) is 9.19. The van der Waals surface area contributed by atoms with Crippen LogP contribution >= 0.6 is 11.6 Å². The predicted octanol–water partition coefficient (Wildman–Crippen LogP) is 3.69. The molecule has 0 aromatic heterocycles. The summed E-state index contributed by atoms with van der Waals surface area (Å²) >= 11 is 5.61. The van der Waals surface area contributed by atoms with E-state index in [0.29, 0.717) is 18.2 Å². The molecule has 1 aliphatic carbocycles. The Balaban J connectivity index is 2.28. The molecule has 0 aliphatic heterocycles. The molecule has 0 heterocycles. The molecule has 12 heavy (non-hydrogen) atoms. The van der Waals surface area contributed by atoms with E-state index in [4.69, 9.17) is 11.6 Å². The first-order valence-corrected chi connectivity index (χ1v) is 5.01. The molecule has 0 saturated heterocycles. The lowest BCUT2D eigenvalue weighted by Gasteiger charge is -2.13. The first-order chi connectivity index (χ1) is 5.53. The second kappa shape index (κ2) is 3.91. The van der Waals surface area contributed by atoms with Crippen LogP contribution < -0.4 is 0 Å². The van der Waals surface area contributed by atoms with Crippen LogP contribution in [0, 0.1) is 11.8 Å². The van der Waals surface area contributed by atoms with E-state index in [2.05, 4.69) is 0 Å². The summed E-state index contributed by atoms with van der Waals surface area (Å²) in [6.07, 6.45) is 1.69. The number of hydrogen-bond acceptors (Lipinski definition) is 0. The molecule has 0 radical (unpaired) electrons. The van der Waals surface area contributed by atoms with Gasteiger partial charge < -0.3 is 0 Å². The fraction of sp³-hybridized carbons (Fsp3) is 1.00. The molecule has 1 aliphatic rings. The molecule has 0 nitrogen and oxygen atoms in total. The van der Waals surface area contributed by atoms with Crippen LogP contribution in [0.15, 0.2) is 0 Å². The lowest BCUT2D eigenvalue weighted by Crippen LogP contribution is -2.11. The molecular formula is C9H15ClF2. The number of rotatable bonds is 3. The third-order valence-electron chi connectivity index (χ3n) is 2.50. The van der Waals surface area contributed by atoms with Crippen LogP contribution in [0.2, 0.25) is 0 Å². The van der Waals surface area contributed by atoms with Crippen LogP contribution in [-0.4, -0.2) is 11.8 Å². The normalized spacial score (nSPS) is 30.5. The van der Waals surface area contributed by atoms with Gasteiger partial charge in [-0.3, -0.25) is 0 Å². The van der Waals surface area contributed by atoms with Gasteiger partial charge in [0.25, 0.3) is 0 Å². The molecule has 0 N–H and O–H groups in total. The van der Waals surface area contributed by atoms with E-state index in [1.54, 1.807) is 0 Å². The van der Waals surface area contributed by atoms with E-state index >= 15 is 0 Å². The Morgan fingerprint density at radius 3 is 2.67 bits per heavy atom. The molecule has 2 unspecified atom stereocenters. The van der Waals surface area contributed by atoms with Gasteiger partial charge in [0.05, 0.1) is 0 Å². The second-order valence-corrected chi connectivity index (χ2v) is 4.27. The molecule has 1 rings (SSSR count). The molecule has 0 aromatic carbocycles. The second-order valence-electron chi connectivity index (χ2n) is 3.96. The standard InChI is InChI=1S/C9H15ClF2/c1-7(6-10)4-8-2-3-9(11,12)5-8/h7-8H,2-6H2,1H3. The van der Waals surface area contributed by atoms with E-state index < -0.39 is 5.92 Å². The first kappa shape index (κ1) is 10.2. The van der Waals surface area contributed by atoms with Crippen molar-refractivity contribution in [1.29, 1.82) is 0 Å². The van der Waals surface area contributed by atoms with Crippen molar-refractivity contribution in [2.24, 2.45) is 11.8 Å². The van der Waals surface area contributed by atoms with Gasteiger partial charge in [-0.05, 0) is 24.7 Å². The van der Waals surface area contributed by atoms with Gasteiger partial charge in [0.1, 0.15) is 0 Å². The molecule has 72 valence electrons. The predicted molar refractivity (Wildman–Crippen MR) is 46.8 cm³/mol. The Labute approximate surface area is 77.3 Å². The summed E-state index contributed by atoms with van der Waals surface area (Å²) in [5.74, 6) is -1.22. The summed E-state index contributed by atoms with van der Waals surface area (Å²) in [7, 11) is 0. The molecule has 2 atom stereocenters. The average Bonchev–Trinajstić information content (AvgIpc) is 2.30. The highest BCUT2D eigenvalue weighted by Gasteiger charge is 2.39. The lowest BCUT2D eigenvalue weighted by molar-refractivity contribution is 0.00427.